The molecule has 0 spiro atoms. The lowest BCUT2D eigenvalue weighted by molar-refractivity contribution is 0.0154. The Balaban J connectivity index is 1.75. The van der Waals surface area contributed by atoms with Crippen LogP contribution in [0.3, 0.4) is 0 Å². The Morgan fingerprint density at radius 2 is 2.09 bits per heavy atom. The van der Waals surface area contributed by atoms with Gasteiger partial charge in [-0.1, -0.05) is 11.6 Å². The SMILES string of the molecule is CC(C)(C)OC(=O)N1CCC[C@@H](CCOc2ncc(Cl)cn2)C1. The third kappa shape index (κ3) is 6.22. The number of ether oxygens (including phenoxy) is 2. The van der Waals surface area contributed by atoms with Gasteiger partial charge in [-0.3, -0.25) is 0 Å². The highest BCUT2D eigenvalue weighted by Gasteiger charge is 2.27. The second kappa shape index (κ2) is 7.81. The van der Waals surface area contributed by atoms with Crippen LogP contribution in [0, 0.1) is 5.92 Å². The molecule has 0 unspecified atom stereocenters. The number of nitrogens with zero attached hydrogens (tertiary/aromatic N) is 3. The fourth-order valence-corrected chi connectivity index (χ4v) is 2.58. The van der Waals surface area contributed by atoms with Crippen molar-refractivity contribution >= 4 is 17.7 Å². The van der Waals surface area contributed by atoms with E-state index < -0.39 is 5.60 Å². The molecule has 1 aromatic heterocycles. The number of piperidine rings is 1. The minimum atomic E-state index is -0.459. The summed E-state index contributed by atoms with van der Waals surface area (Å²) in [5, 5.41) is 0.484. The normalized spacial score (nSPS) is 18.6. The monoisotopic (exact) mass is 341 g/mol. The first-order valence-electron chi connectivity index (χ1n) is 7.92. The van der Waals surface area contributed by atoms with Crippen LogP contribution in [0.2, 0.25) is 5.02 Å². The molecule has 0 saturated carbocycles. The molecule has 2 heterocycles. The molecule has 0 N–H and O–H groups in total. The number of carbonyl (C=O) groups excluding carboxylic acids is 1. The Kier molecular flexibility index (Phi) is 6.04. The molecule has 0 aromatic carbocycles. The topological polar surface area (TPSA) is 64.5 Å². The molecule has 128 valence electrons. The number of likely N-dealkylation sites (tertiary alicyclic amines) is 1. The van der Waals surface area contributed by atoms with E-state index >= 15 is 0 Å². The van der Waals surface area contributed by atoms with E-state index in [0.717, 1.165) is 25.8 Å². The molecular formula is C16H24ClN3O3. The van der Waals surface area contributed by atoms with Crippen LogP contribution in [0.15, 0.2) is 12.4 Å². The van der Waals surface area contributed by atoms with Gasteiger partial charge in [-0.25, -0.2) is 14.8 Å². The zero-order valence-electron chi connectivity index (χ0n) is 13.9. The zero-order valence-corrected chi connectivity index (χ0v) is 14.7. The molecule has 23 heavy (non-hydrogen) atoms. The molecular weight excluding hydrogens is 318 g/mol. The summed E-state index contributed by atoms with van der Waals surface area (Å²) < 4.78 is 11.0. The minimum absolute atomic E-state index is 0.232. The summed E-state index contributed by atoms with van der Waals surface area (Å²) in [5.74, 6) is 0.406. The molecule has 1 saturated heterocycles. The highest BCUT2D eigenvalue weighted by atomic mass is 35.5. The molecule has 1 amide bonds. The first kappa shape index (κ1) is 17.8. The van der Waals surface area contributed by atoms with Crippen LogP contribution >= 0.6 is 11.6 Å². The average Bonchev–Trinajstić information content (AvgIpc) is 2.48. The van der Waals surface area contributed by atoms with Gasteiger partial charge in [0.05, 0.1) is 24.0 Å². The predicted molar refractivity (Wildman–Crippen MR) is 87.7 cm³/mol. The van der Waals surface area contributed by atoms with Crippen LogP contribution < -0.4 is 4.74 Å². The number of amides is 1. The summed E-state index contributed by atoms with van der Waals surface area (Å²) in [7, 11) is 0. The number of halogens is 1. The highest BCUT2D eigenvalue weighted by Crippen LogP contribution is 2.22. The Labute approximate surface area is 142 Å². The second-order valence-electron chi connectivity index (χ2n) is 6.76. The van der Waals surface area contributed by atoms with Gasteiger partial charge in [0.15, 0.2) is 0 Å². The standard InChI is InChI=1S/C16H24ClN3O3/c1-16(2,3)23-15(21)20-7-4-5-12(11-20)6-8-22-14-18-9-13(17)10-19-14/h9-10,12H,4-8,11H2,1-3H3/t12-/m0/s1. The molecule has 1 aliphatic heterocycles. The molecule has 1 aliphatic rings. The Morgan fingerprint density at radius 3 is 2.74 bits per heavy atom. The van der Waals surface area contributed by atoms with Gasteiger partial charge in [0.1, 0.15) is 5.60 Å². The Morgan fingerprint density at radius 1 is 1.39 bits per heavy atom. The van der Waals surface area contributed by atoms with Gasteiger partial charge in [-0.05, 0) is 46.0 Å². The summed E-state index contributed by atoms with van der Waals surface area (Å²) >= 11 is 5.73. The summed E-state index contributed by atoms with van der Waals surface area (Å²) in [6.07, 6.45) is 5.71. The van der Waals surface area contributed by atoms with Crippen LogP contribution in [0.5, 0.6) is 6.01 Å². The van der Waals surface area contributed by atoms with E-state index in [1.807, 2.05) is 20.8 Å². The largest absolute Gasteiger partial charge is 0.463 e. The van der Waals surface area contributed by atoms with Crippen molar-refractivity contribution in [3.8, 4) is 6.01 Å². The van der Waals surface area contributed by atoms with Gasteiger partial charge >= 0.3 is 12.1 Å². The predicted octanol–water partition coefficient (Wildman–Crippen LogP) is 3.55. The first-order chi connectivity index (χ1) is 10.8. The van der Waals surface area contributed by atoms with Gasteiger partial charge in [0.25, 0.3) is 0 Å². The van der Waals surface area contributed by atoms with Gasteiger partial charge in [0, 0.05) is 13.1 Å². The molecule has 2 rings (SSSR count). The first-order valence-corrected chi connectivity index (χ1v) is 8.29. The molecule has 0 bridgehead atoms. The van der Waals surface area contributed by atoms with Crippen LogP contribution in [0.4, 0.5) is 4.79 Å². The molecule has 6 nitrogen and oxygen atoms in total. The van der Waals surface area contributed by atoms with E-state index in [-0.39, 0.29) is 6.09 Å². The summed E-state index contributed by atoms with van der Waals surface area (Å²) in [5.41, 5.74) is -0.459. The molecule has 1 fully saturated rings. The lowest BCUT2D eigenvalue weighted by Crippen LogP contribution is -2.43. The fourth-order valence-electron chi connectivity index (χ4n) is 2.48. The van der Waals surface area contributed by atoms with Crippen LogP contribution in [0.1, 0.15) is 40.0 Å². The zero-order chi connectivity index (χ0) is 16.9. The lowest BCUT2D eigenvalue weighted by atomic mass is 9.95. The van der Waals surface area contributed by atoms with Crippen molar-refractivity contribution in [3.05, 3.63) is 17.4 Å². The number of rotatable bonds is 4. The van der Waals surface area contributed by atoms with Crippen molar-refractivity contribution in [1.82, 2.24) is 14.9 Å². The maximum absolute atomic E-state index is 12.1. The third-order valence-electron chi connectivity index (χ3n) is 3.52. The minimum Gasteiger partial charge on any atom is -0.463 e. The summed E-state index contributed by atoms with van der Waals surface area (Å²) in [6, 6.07) is 0.328. The maximum atomic E-state index is 12.1. The van der Waals surface area contributed by atoms with Crippen LogP contribution in [-0.4, -0.2) is 46.3 Å². The van der Waals surface area contributed by atoms with E-state index in [1.54, 1.807) is 4.90 Å². The molecule has 7 heteroatoms. The molecule has 1 atom stereocenters. The summed E-state index contributed by atoms with van der Waals surface area (Å²) in [4.78, 5) is 21.9. The molecule has 1 aromatic rings. The molecule has 0 radical (unpaired) electrons. The van der Waals surface area contributed by atoms with Crippen LogP contribution in [0.25, 0.3) is 0 Å². The van der Waals surface area contributed by atoms with Crippen LogP contribution in [-0.2, 0) is 4.74 Å². The van der Waals surface area contributed by atoms with Gasteiger partial charge in [-0.15, -0.1) is 0 Å². The van der Waals surface area contributed by atoms with Crippen molar-refractivity contribution in [3.63, 3.8) is 0 Å². The third-order valence-corrected chi connectivity index (χ3v) is 3.72. The molecule has 0 aliphatic carbocycles. The average molecular weight is 342 g/mol. The van der Waals surface area contributed by atoms with E-state index in [1.165, 1.54) is 12.4 Å². The number of hydrogen-bond donors (Lipinski definition) is 0. The van der Waals surface area contributed by atoms with E-state index in [0.29, 0.717) is 30.1 Å². The van der Waals surface area contributed by atoms with Crippen molar-refractivity contribution in [2.45, 2.75) is 45.6 Å². The van der Waals surface area contributed by atoms with E-state index in [4.69, 9.17) is 21.1 Å². The van der Waals surface area contributed by atoms with Crippen molar-refractivity contribution in [2.24, 2.45) is 5.92 Å². The van der Waals surface area contributed by atoms with Gasteiger partial charge < -0.3 is 14.4 Å². The lowest BCUT2D eigenvalue weighted by Gasteiger charge is -2.34. The Bertz CT molecular complexity index is 516. The van der Waals surface area contributed by atoms with E-state index in [2.05, 4.69) is 9.97 Å². The highest BCUT2D eigenvalue weighted by molar-refractivity contribution is 6.30. The smallest absolute Gasteiger partial charge is 0.410 e. The van der Waals surface area contributed by atoms with Gasteiger partial charge in [-0.2, -0.15) is 0 Å². The van der Waals surface area contributed by atoms with E-state index in [9.17, 15) is 4.79 Å². The number of carbonyl (C=O) groups is 1. The van der Waals surface area contributed by atoms with Crippen molar-refractivity contribution in [2.75, 3.05) is 19.7 Å². The fraction of sp³-hybridized carbons (Fsp3) is 0.688. The quantitative estimate of drug-likeness (QED) is 0.838. The Hall–Kier alpha value is -1.56. The number of aromatic nitrogens is 2. The van der Waals surface area contributed by atoms with Gasteiger partial charge in [0.2, 0.25) is 0 Å². The number of hydrogen-bond acceptors (Lipinski definition) is 5. The maximum Gasteiger partial charge on any atom is 0.410 e. The van der Waals surface area contributed by atoms with Crippen molar-refractivity contribution in [1.29, 1.82) is 0 Å². The van der Waals surface area contributed by atoms with Crippen molar-refractivity contribution < 1.29 is 14.3 Å². The summed E-state index contributed by atoms with van der Waals surface area (Å²) in [6.45, 7) is 7.63. The second-order valence-corrected chi connectivity index (χ2v) is 7.19.